The van der Waals surface area contributed by atoms with Crippen LogP contribution in [0.5, 0.6) is 0 Å². The first-order valence-corrected chi connectivity index (χ1v) is 8.75. The SMILES string of the molecule is COCc1nc(C(=O)Nc2c(C)nn(-c3ccc(C)cc3)c2C)cs1. The molecule has 0 spiro atoms. The van der Waals surface area contributed by atoms with Gasteiger partial charge in [-0.3, -0.25) is 4.79 Å². The molecule has 0 radical (unpaired) electrons. The highest BCUT2D eigenvalue weighted by molar-refractivity contribution is 7.09. The van der Waals surface area contributed by atoms with Gasteiger partial charge in [-0.05, 0) is 32.9 Å². The Bertz CT molecular complexity index is 896. The third-order valence-corrected chi connectivity index (χ3v) is 4.68. The number of hydrogen-bond donors (Lipinski definition) is 1. The number of ether oxygens (including phenoxy) is 1. The number of aromatic nitrogens is 3. The quantitative estimate of drug-likeness (QED) is 0.757. The summed E-state index contributed by atoms with van der Waals surface area (Å²) in [5, 5.41) is 10.00. The molecule has 0 unspecified atom stereocenters. The number of hydrogen-bond acceptors (Lipinski definition) is 5. The normalized spacial score (nSPS) is 10.9. The lowest BCUT2D eigenvalue weighted by molar-refractivity contribution is 0.102. The molecule has 25 heavy (non-hydrogen) atoms. The number of amides is 1. The lowest BCUT2D eigenvalue weighted by atomic mass is 10.2. The van der Waals surface area contributed by atoms with E-state index in [0.717, 1.165) is 22.1 Å². The van der Waals surface area contributed by atoms with Crippen molar-refractivity contribution >= 4 is 22.9 Å². The van der Waals surface area contributed by atoms with E-state index in [1.54, 1.807) is 12.5 Å². The van der Waals surface area contributed by atoms with Crippen molar-refractivity contribution in [1.29, 1.82) is 0 Å². The van der Waals surface area contributed by atoms with Gasteiger partial charge in [-0.15, -0.1) is 11.3 Å². The van der Waals surface area contributed by atoms with Gasteiger partial charge in [0.1, 0.15) is 10.7 Å². The van der Waals surface area contributed by atoms with Gasteiger partial charge in [0, 0.05) is 12.5 Å². The van der Waals surface area contributed by atoms with E-state index in [1.807, 2.05) is 49.7 Å². The Balaban J connectivity index is 1.85. The molecule has 130 valence electrons. The second kappa shape index (κ2) is 7.16. The predicted octanol–water partition coefficient (Wildman–Crippen LogP) is 3.65. The standard InChI is InChI=1S/C18H20N4O2S/c1-11-5-7-14(8-6-11)22-13(3)17(12(2)21-22)20-18(23)15-10-25-16(19-15)9-24-4/h5-8,10H,9H2,1-4H3,(H,20,23). The summed E-state index contributed by atoms with van der Waals surface area (Å²) in [7, 11) is 1.60. The lowest BCUT2D eigenvalue weighted by Gasteiger charge is -2.06. The highest BCUT2D eigenvalue weighted by Gasteiger charge is 2.18. The van der Waals surface area contributed by atoms with Crippen LogP contribution < -0.4 is 5.32 Å². The number of aryl methyl sites for hydroxylation is 2. The van der Waals surface area contributed by atoms with E-state index in [0.29, 0.717) is 18.0 Å². The molecule has 1 amide bonds. The fourth-order valence-corrected chi connectivity index (χ4v) is 3.29. The fourth-order valence-electron chi connectivity index (χ4n) is 2.54. The zero-order valence-corrected chi connectivity index (χ0v) is 15.5. The maximum atomic E-state index is 12.5. The van der Waals surface area contributed by atoms with Crippen LogP contribution in [0.2, 0.25) is 0 Å². The second-order valence-electron chi connectivity index (χ2n) is 5.81. The summed E-state index contributed by atoms with van der Waals surface area (Å²) in [6, 6.07) is 8.10. The summed E-state index contributed by atoms with van der Waals surface area (Å²) in [6.07, 6.45) is 0. The zero-order valence-electron chi connectivity index (χ0n) is 14.7. The van der Waals surface area contributed by atoms with Gasteiger partial charge in [0.15, 0.2) is 0 Å². The van der Waals surface area contributed by atoms with Crippen molar-refractivity contribution in [3.63, 3.8) is 0 Å². The van der Waals surface area contributed by atoms with Crippen LogP contribution in [0.1, 0.15) is 32.4 Å². The summed E-state index contributed by atoms with van der Waals surface area (Å²) >= 11 is 1.41. The van der Waals surface area contributed by atoms with Crippen molar-refractivity contribution < 1.29 is 9.53 Å². The summed E-state index contributed by atoms with van der Waals surface area (Å²) in [5.74, 6) is -0.242. The van der Waals surface area contributed by atoms with Gasteiger partial charge >= 0.3 is 0 Å². The molecule has 0 bridgehead atoms. The first-order valence-electron chi connectivity index (χ1n) is 7.87. The number of rotatable bonds is 5. The van der Waals surface area contributed by atoms with Crippen molar-refractivity contribution in [3.05, 3.63) is 57.3 Å². The summed E-state index contributed by atoms with van der Waals surface area (Å²) in [6.45, 7) is 6.27. The Labute approximate surface area is 150 Å². The molecular formula is C18H20N4O2S. The minimum atomic E-state index is -0.242. The van der Waals surface area contributed by atoms with E-state index in [1.165, 1.54) is 16.9 Å². The molecule has 3 rings (SSSR count). The number of carbonyl (C=O) groups is 1. The molecule has 1 N–H and O–H groups in total. The van der Waals surface area contributed by atoms with Crippen LogP contribution >= 0.6 is 11.3 Å². The van der Waals surface area contributed by atoms with Gasteiger partial charge in [0.25, 0.3) is 5.91 Å². The molecule has 0 aliphatic heterocycles. The highest BCUT2D eigenvalue weighted by Crippen LogP contribution is 2.24. The number of benzene rings is 1. The Hall–Kier alpha value is -2.51. The topological polar surface area (TPSA) is 69.0 Å². The number of nitrogens with zero attached hydrogens (tertiary/aromatic N) is 3. The van der Waals surface area contributed by atoms with Gasteiger partial charge in [-0.2, -0.15) is 5.10 Å². The molecule has 0 atom stereocenters. The maximum Gasteiger partial charge on any atom is 0.275 e. The van der Waals surface area contributed by atoms with Crippen molar-refractivity contribution in [3.8, 4) is 5.69 Å². The van der Waals surface area contributed by atoms with Crippen molar-refractivity contribution in [2.75, 3.05) is 12.4 Å². The molecule has 1 aromatic carbocycles. The average Bonchev–Trinajstić information content (AvgIpc) is 3.16. The number of anilines is 1. The molecule has 0 saturated carbocycles. The number of nitrogens with one attached hydrogen (secondary N) is 1. The van der Waals surface area contributed by atoms with Crippen LogP contribution in [0.15, 0.2) is 29.6 Å². The van der Waals surface area contributed by atoms with Crippen LogP contribution in [0, 0.1) is 20.8 Å². The maximum absolute atomic E-state index is 12.5. The highest BCUT2D eigenvalue weighted by atomic mass is 32.1. The van der Waals surface area contributed by atoms with Gasteiger partial charge < -0.3 is 10.1 Å². The van der Waals surface area contributed by atoms with Crippen molar-refractivity contribution in [2.24, 2.45) is 0 Å². The van der Waals surface area contributed by atoms with E-state index in [4.69, 9.17) is 4.74 Å². The Morgan fingerprint density at radius 2 is 1.96 bits per heavy atom. The summed E-state index contributed by atoms with van der Waals surface area (Å²) in [4.78, 5) is 16.8. The Morgan fingerprint density at radius 1 is 1.24 bits per heavy atom. The molecule has 0 saturated heterocycles. The fraction of sp³-hybridized carbons (Fsp3) is 0.278. The third kappa shape index (κ3) is 3.62. The van der Waals surface area contributed by atoms with E-state index < -0.39 is 0 Å². The molecular weight excluding hydrogens is 336 g/mol. The number of carbonyl (C=O) groups excluding carboxylic acids is 1. The minimum Gasteiger partial charge on any atom is -0.378 e. The molecule has 2 heterocycles. The van der Waals surface area contributed by atoms with Gasteiger partial charge in [0.2, 0.25) is 0 Å². The van der Waals surface area contributed by atoms with E-state index in [2.05, 4.69) is 15.4 Å². The molecule has 7 heteroatoms. The van der Waals surface area contributed by atoms with Crippen LogP contribution in [-0.4, -0.2) is 27.8 Å². The molecule has 0 fully saturated rings. The first-order chi connectivity index (χ1) is 12.0. The van der Waals surface area contributed by atoms with Gasteiger partial charge in [-0.1, -0.05) is 17.7 Å². The monoisotopic (exact) mass is 356 g/mol. The van der Waals surface area contributed by atoms with Crippen LogP contribution in [0.3, 0.4) is 0 Å². The molecule has 0 aliphatic carbocycles. The van der Waals surface area contributed by atoms with Gasteiger partial charge in [-0.25, -0.2) is 9.67 Å². The van der Waals surface area contributed by atoms with E-state index in [-0.39, 0.29) is 5.91 Å². The zero-order chi connectivity index (χ0) is 18.0. The average molecular weight is 356 g/mol. The predicted molar refractivity (Wildman–Crippen MR) is 98.6 cm³/mol. The lowest BCUT2D eigenvalue weighted by Crippen LogP contribution is -2.13. The van der Waals surface area contributed by atoms with E-state index >= 15 is 0 Å². The van der Waals surface area contributed by atoms with Crippen LogP contribution in [0.4, 0.5) is 5.69 Å². The molecule has 0 aliphatic rings. The summed E-state index contributed by atoms with van der Waals surface area (Å²) in [5.41, 5.74) is 4.89. The number of thiazole rings is 1. The van der Waals surface area contributed by atoms with Crippen LogP contribution in [-0.2, 0) is 11.3 Å². The minimum absolute atomic E-state index is 0.242. The van der Waals surface area contributed by atoms with E-state index in [9.17, 15) is 4.79 Å². The van der Waals surface area contributed by atoms with Crippen molar-refractivity contribution in [2.45, 2.75) is 27.4 Å². The summed E-state index contributed by atoms with van der Waals surface area (Å²) < 4.78 is 6.88. The Morgan fingerprint density at radius 3 is 2.64 bits per heavy atom. The van der Waals surface area contributed by atoms with Crippen LogP contribution in [0.25, 0.3) is 5.69 Å². The van der Waals surface area contributed by atoms with Crippen molar-refractivity contribution in [1.82, 2.24) is 14.8 Å². The molecule has 2 aromatic heterocycles. The smallest absolute Gasteiger partial charge is 0.275 e. The largest absolute Gasteiger partial charge is 0.378 e. The second-order valence-corrected chi connectivity index (χ2v) is 6.75. The first kappa shape index (κ1) is 17.3. The third-order valence-electron chi connectivity index (χ3n) is 3.86. The number of methoxy groups -OCH3 is 1. The van der Waals surface area contributed by atoms with Gasteiger partial charge in [0.05, 0.1) is 29.4 Å². The molecule has 6 nitrogen and oxygen atoms in total. The Kier molecular flexibility index (Phi) is 4.96. The molecule has 3 aromatic rings.